The average molecular weight is 246 g/mol. The van der Waals surface area contributed by atoms with Crippen molar-refractivity contribution in [1.29, 1.82) is 0 Å². The lowest BCUT2D eigenvalue weighted by atomic mass is 10.1. The lowest BCUT2D eigenvalue weighted by Crippen LogP contribution is -2.32. The van der Waals surface area contributed by atoms with Crippen LogP contribution in [0.1, 0.15) is 38.5 Å². The summed E-state index contributed by atoms with van der Waals surface area (Å²) in [5, 5.41) is 1.22. The maximum absolute atomic E-state index is 3.65. The first-order valence-electron chi connectivity index (χ1n) is 5.63. The molecule has 1 heterocycles. The molecule has 1 aliphatic heterocycles. The molecule has 76 valence electrons. The molecule has 1 nitrogen and oxygen atoms in total. The van der Waals surface area contributed by atoms with E-state index in [1.54, 1.807) is 0 Å². The molecule has 2 fully saturated rings. The third-order valence-corrected chi connectivity index (χ3v) is 4.69. The van der Waals surface area contributed by atoms with Crippen LogP contribution in [-0.2, 0) is 0 Å². The van der Waals surface area contributed by atoms with Gasteiger partial charge in [0.1, 0.15) is 0 Å². The highest BCUT2D eigenvalue weighted by Gasteiger charge is 2.42. The number of hydrogen-bond acceptors (Lipinski definition) is 1. The van der Waals surface area contributed by atoms with Gasteiger partial charge < -0.3 is 4.90 Å². The maximum atomic E-state index is 3.65. The average Bonchev–Trinajstić information content (AvgIpc) is 2.92. The van der Waals surface area contributed by atoms with Crippen LogP contribution in [0, 0.1) is 5.41 Å². The maximum Gasteiger partial charge on any atom is 0.0100 e. The second kappa shape index (κ2) is 4.31. The Bertz CT molecular complexity index is 157. The number of nitrogens with zero attached hydrogens (tertiary/aromatic N) is 1. The van der Waals surface area contributed by atoms with Gasteiger partial charge in [0, 0.05) is 11.9 Å². The Morgan fingerprint density at radius 3 is 2.08 bits per heavy atom. The van der Waals surface area contributed by atoms with E-state index in [-0.39, 0.29) is 0 Å². The molecule has 1 saturated heterocycles. The van der Waals surface area contributed by atoms with Crippen molar-refractivity contribution in [3.05, 3.63) is 0 Å². The molecule has 0 radical (unpaired) electrons. The van der Waals surface area contributed by atoms with Crippen LogP contribution in [0.15, 0.2) is 0 Å². The van der Waals surface area contributed by atoms with E-state index in [4.69, 9.17) is 0 Å². The molecule has 2 rings (SSSR count). The van der Waals surface area contributed by atoms with Crippen LogP contribution in [0.3, 0.4) is 0 Å². The second-order valence-electron chi connectivity index (χ2n) is 4.82. The van der Waals surface area contributed by atoms with E-state index in [0.29, 0.717) is 5.41 Å². The number of halogens is 1. The van der Waals surface area contributed by atoms with Gasteiger partial charge in [0.15, 0.2) is 0 Å². The largest absolute Gasteiger partial charge is 0.303 e. The summed E-state index contributed by atoms with van der Waals surface area (Å²) in [6.07, 6.45) is 8.68. The van der Waals surface area contributed by atoms with Crippen LogP contribution in [0.5, 0.6) is 0 Å². The van der Waals surface area contributed by atoms with Crippen LogP contribution in [-0.4, -0.2) is 29.9 Å². The number of rotatable bonds is 3. The van der Waals surface area contributed by atoms with Crippen molar-refractivity contribution in [2.45, 2.75) is 38.5 Å². The molecule has 0 amide bonds. The van der Waals surface area contributed by atoms with Crippen molar-refractivity contribution in [2.75, 3.05) is 25.0 Å². The minimum atomic E-state index is 0.685. The summed E-state index contributed by atoms with van der Waals surface area (Å²) in [4.78, 5) is 2.70. The second-order valence-corrected chi connectivity index (χ2v) is 5.38. The van der Waals surface area contributed by atoms with E-state index in [1.807, 2.05) is 0 Å². The molecule has 1 saturated carbocycles. The molecule has 13 heavy (non-hydrogen) atoms. The molecule has 0 aromatic carbocycles. The molecular formula is C11H20BrN. The molecule has 2 heteroatoms. The zero-order valence-electron chi connectivity index (χ0n) is 8.40. The Kier molecular flexibility index (Phi) is 3.31. The van der Waals surface area contributed by atoms with Crippen LogP contribution in [0.4, 0.5) is 0 Å². The molecule has 0 aromatic heterocycles. The highest BCUT2D eigenvalue weighted by atomic mass is 79.9. The number of hydrogen-bond donors (Lipinski definition) is 0. The molecule has 0 bridgehead atoms. The van der Waals surface area contributed by atoms with E-state index in [9.17, 15) is 0 Å². The van der Waals surface area contributed by atoms with Gasteiger partial charge in [-0.2, -0.15) is 0 Å². The Morgan fingerprint density at radius 1 is 1.00 bits per heavy atom. The first-order chi connectivity index (χ1) is 6.35. The van der Waals surface area contributed by atoms with Crippen molar-refractivity contribution in [3.63, 3.8) is 0 Å². The predicted molar refractivity (Wildman–Crippen MR) is 60.4 cm³/mol. The van der Waals surface area contributed by atoms with Crippen molar-refractivity contribution in [2.24, 2.45) is 5.41 Å². The van der Waals surface area contributed by atoms with Gasteiger partial charge in [-0.3, -0.25) is 0 Å². The van der Waals surface area contributed by atoms with Gasteiger partial charge in [0.2, 0.25) is 0 Å². The molecule has 1 aliphatic carbocycles. The van der Waals surface area contributed by atoms with Gasteiger partial charge >= 0.3 is 0 Å². The van der Waals surface area contributed by atoms with Crippen molar-refractivity contribution in [1.82, 2.24) is 4.90 Å². The molecule has 0 unspecified atom stereocenters. The predicted octanol–water partition coefficient (Wildman–Crippen LogP) is 3.04. The zero-order chi connectivity index (χ0) is 9.15. The fourth-order valence-electron chi connectivity index (χ4n) is 2.28. The highest BCUT2D eigenvalue weighted by molar-refractivity contribution is 9.09. The summed E-state index contributed by atoms with van der Waals surface area (Å²) in [6, 6.07) is 0. The molecule has 2 aliphatic rings. The van der Waals surface area contributed by atoms with Gasteiger partial charge in [-0.15, -0.1) is 0 Å². The smallest absolute Gasteiger partial charge is 0.0100 e. The van der Waals surface area contributed by atoms with Gasteiger partial charge in [-0.05, 0) is 44.2 Å². The van der Waals surface area contributed by atoms with Crippen LogP contribution >= 0.6 is 15.9 Å². The fourth-order valence-corrected chi connectivity index (χ4v) is 3.02. The normalized spacial score (nSPS) is 28.4. The molecule has 0 spiro atoms. The number of likely N-dealkylation sites (tertiary alicyclic amines) is 1. The standard InChI is InChI=1S/C11H20BrN/c12-9-11(5-6-11)10-13-7-3-1-2-4-8-13/h1-10H2. The van der Waals surface area contributed by atoms with Crippen molar-refractivity contribution >= 4 is 15.9 Å². The Balaban J connectivity index is 1.79. The Hall–Kier alpha value is 0.440. The Morgan fingerprint density at radius 2 is 1.62 bits per heavy atom. The SMILES string of the molecule is BrCC1(CN2CCCCCC2)CC1. The van der Waals surface area contributed by atoms with Crippen LogP contribution in [0.2, 0.25) is 0 Å². The summed E-state index contributed by atoms with van der Waals surface area (Å²) in [5.41, 5.74) is 0.685. The summed E-state index contributed by atoms with van der Waals surface area (Å²) in [5.74, 6) is 0. The van der Waals surface area contributed by atoms with Gasteiger partial charge in [-0.25, -0.2) is 0 Å². The lowest BCUT2D eigenvalue weighted by Gasteiger charge is -2.24. The highest BCUT2D eigenvalue weighted by Crippen LogP contribution is 2.47. The molecular weight excluding hydrogens is 226 g/mol. The van der Waals surface area contributed by atoms with Crippen LogP contribution in [0.25, 0.3) is 0 Å². The van der Waals surface area contributed by atoms with E-state index in [1.165, 1.54) is 63.5 Å². The molecule has 0 atom stereocenters. The van der Waals surface area contributed by atoms with Gasteiger partial charge in [0.25, 0.3) is 0 Å². The molecule has 0 aromatic rings. The topological polar surface area (TPSA) is 3.24 Å². The quantitative estimate of drug-likeness (QED) is 0.692. The van der Waals surface area contributed by atoms with Gasteiger partial charge in [0.05, 0.1) is 0 Å². The summed E-state index contributed by atoms with van der Waals surface area (Å²) in [7, 11) is 0. The minimum Gasteiger partial charge on any atom is -0.303 e. The summed E-state index contributed by atoms with van der Waals surface area (Å²) >= 11 is 3.65. The minimum absolute atomic E-state index is 0.685. The fraction of sp³-hybridized carbons (Fsp3) is 1.00. The van der Waals surface area contributed by atoms with Gasteiger partial charge in [-0.1, -0.05) is 28.8 Å². The van der Waals surface area contributed by atoms with Crippen molar-refractivity contribution in [3.8, 4) is 0 Å². The third kappa shape index (κ3) is 2.69. The van der Waals surface area contributed by atoms with Crippen molar-refractivity contribution < 1.29 is 0 Å². The van der Waals surface area contributed by atoms with E-state index in [0.717, 1.165) is 0 Å². The molecule has 0 N–H and O–H groups in total. The lowest BCUT2D eigenvalue weighted by molar-refractivity contribution is 0.239. The zero-order valence-corrected chi connectivity index (χ0v) is 9.98. The van der Waals surface area contributed by atoms with Crippen LogP contribution < -0.4 is 0 Å². The van der Waals surface area contributed by atoms with E-state index in [2.05, 4.69) is 20.8 Å². The first kappa shape index (κ1) is 9.97. The monoisotopic (exact) mass is 245 g/mol. The van der Waals surface area contributed by atoms with E-state index < -0.39 is 0 Å². The summed E-state index contributed by atoms with van der Waals surface area (Å²) in [6.45, 7) is 4.07. The number of alkyl halides is 1. The third-order valence-electron chi connectivity index (χ3n) is 3.50. The van der Waals surface area contributed by atoms with E-state index >= 15 is 0 Å². The Labute approximate surface area is 90.0 Å². The summed E-state index contributed by atoms with van der Waals surface area (Å²) < 4.78 is 0. The first-order valence-corrected chi connectivity index (χ1v) is 6.75.